The Bertz CT molecular complexity index is 870. The van der Waals surface area contributed by atoms with Crippen LogP contribution in [0, 0.1) is 5.92 Å². The third kappa shape index (κ3) is 10.4. The smallest absolute Gasteiger partial charge is 0.328 e. The predicted molar refractivity (Wildman–Crippen MR) is 126 cm³/mol. The number of nitrogens with zero attached hydrogens (tertiary/aromatic N) is 2. The second kappa shape index (κ2) is 14.5. The van der Waals surface area contributed by atoms with Gasteiger partial charge in [0, 0.05) is 24.9 Å². The topological polar surface area (TPSA) is 264 Å². The van der Waals surface area contributed by atoms with Gasteiger partial charge in [-0.1, -0.05) is 13.8 Å². The number of aromatic nitrogens is 2. The fourth-order valence-corrected chi connectivity index (χ4v) is 2.90. The molecule has 196 valence electrons. The number of carbonyl (C=O) groups is 4. The van der Waals surface area contributed by atoms with Crippen molar-refractivity contribution in [1.82, 2.24) is 25.9 Å². The maximum atomic E-state index is 13.1. The Labute approximate surface area is 202 Å². The number of carbonyl (C=O) groups excluding carboxylic acids is 3. The molecule has 0 aromatic carbocycles. The van der Waals surface area contributed by atoms with E-state index in [0.29, 0.717) is 12.1 Å². The number of guanidine groups is 1. The third-order valence-electron chi connectivity index (χ3n) is 5.01. The first-order valence-corrected chi connectivity index (χ1v) is 11.0. The lowest BCUT2D eigenvalue weighted by atomic mass is 10.0. The van der Waals surface area contributed by atoms with Gasteiger partial charge in [0.2, 0.25) is 17.7 Å². The summed E-state index contributed by atoms with van der Waals surface area (Å²) in [6, 6.07) is -4.75. The summed E-state index contributed by atoms with van der Waals surface area (Å²) in [6.07, 6.45) is 3.21. The summed E-state index contributed by atoms with van der Waals surface area (Å²) in [5.74, 6) is -3.85. The van der Waals surface area contributed by atoms with Gasteiger partial charge < -0.3 is 48.3 Å². The molecule has 35 heavy (non-hydrogen) atoms. The van der Waals surface area contributed by atoms with Gasteiger partial charge in [0.1, 0.15) is 18.1 Å². The predicted octanol–water partition coefficient (Wildman–Crippen LogP) is -3.48. The van der Waals surface area contributed by atoms with Crippen LogP contribution in [0.25, 0.3) is 0 Å². The van der Waals surface area contributed by atoms with Gasteiger partial charge in [-0.3, -0.25) is 19.4 Å². The zero-order chi connectivity index (χ0) is 26.5. The quantitative estimate of drug-likeness (QED) is 0.0656. The summed E-state index contributed by atoms with van der Waals surface area (Å²) in [5.41, 5.74) is 17.0. The van der Waals surface area contributed by atoms with E-state index in [1.165, 1.54) is 12.5 Å². The number of rotatable bonds is 15. The molecule has 15 nitrogen and oxygen atoms in total. The highest BCUT2D eigenvalue weighted by molar-refractivity contribution is 5.94. The van der Waals surface area contributed by atoms with Gasteiger partial charge in [-0.15, -0.1) is 0 Å². The minimum Gasteiger partial charge on any atom is -0.480 e. The number of carboxylic acid groups (broad SMARTS) is 1. The van der Waals surface area contributed by atoms with Crippen molar-refractivity contribution in [2.45, 2.75) is 57.3 Å². The molecule has 0 aliphatic rings. The van der Waals surface area contributed by atoms with Crippen molar-refractivity contribution in [3.05, 3.63) is 18.2 Å². The summed E-state index contributed by atoms with van der Waals surface area (Å²) in [5, 5.41) is 25.6. The van der Waals surface area contributed by atoms with E-state index in [0.717, 1.165) is 0 Å². The monoisotopic (exact) mass is 497 g/mol. The van der Waals surface area contributed by atoms with Gasteiger partial charge in [0.15, 0.2) is 5.96 Å². The summed E-state index contributed by atoms with van der Waals surface area (Å²) in [6.45, 7) is 2.86. The molecule has 4 atom stereocenters. The first-order valence-electron chi connectivity index (χ1n) is 11.0. The number of aliphatic hydroxyl groups excluding tert-OH is 1. The van der Waals surface area contributed by atoms with Gasteiger partial charge in [0.25, 0.3) is 0 Å². The van der Waals surface area contributed by atoms with Crippen LogP contribution in [-0.4, -0.2) is 87.2 Å². The molecule has 1 aromatic heterocycles. The van der Waals surface area contributed by atoms with E-state index in [9.17, 15) is 24.3 Å². The molecule has 0 spiro atoms. The SMILES string of the molecule is CC(C)C(N)C(=O)NC(CCCN=C(N)N)C(=O)NC(Cc1cnc[nH]1)C(=O)NC(CO)C(=O)O. The molecule has 15 heteroatoms. The second-order valence-corrected chi connectivity index (χ2v) is 8.20. The Hall–Kier alpha value is -3.72. The number of carboxylic acids is 1. The number of nitrogens with one attached hydrogen (secondary N) is 4. The van der Waals surface area contributed by atoms with Gasteiger partial charge in [-0.05, 0) is 18.8 Å². The average molecular weight is 498 g/mol. The highest BCUT2D eigenvalue weighted by Crippen LogP contribution is 2.06. The van der Waals surface area contributed by atoms with Crippen molar-refractivity contribution in [3.8, 4) is 0 Å². The molecular weight excluding hydrogens is 462 g/mol. The average Bonchev–Trinajstić information content (AvgIpc) is 3.30. The Morgan fingerprint density at radius 1 is 1.06 bits per heavy atom. The fraction of sp³-hybridized carbons (Fsp3) is 0.600. The molecule has 0 saturated carbocycles. The van der Waals surface area contributed by atoms with Gasteiger partial charge >= 0.3 is 5.97 Å². The van der Waals surface area contributed by atoms with Crippen molar-refractivity contribution in [2.75, 3.05) is 13.2 Å². The van der Waals surface area contributed by atoms with Crippen molar-refractivity contribution in [3.63, 3.8) is 0 Å². The van der Waals surface area contributed by atoms with Crippen LogP contribution in [0.5, 0.6) is 0 Å². The summed E-state index contributed by atoms with van der Waals surface area (Å²) in [7, 11) is 0. The number of imidazole rings is 1. The summed E-state index contributed by atoms with van der Waals surface area (Å²) >= 11 is 0. The number of aliphatic imine (C=N–C) groups is 1. The van der Waals surface area contributed by atoms with Crippen LogP contribution in [0.15, 0.2) is 17.5 Å². The number of amides is 3. The first kappa shape index (κ1) is 29.3. The minimum atomic E-state index is -1.57. The zero-order valence-corrected chi connectivity index (χ0v) is 19.7. The molecule has 1 heterocycles. The molecule has 12 N–H and O–H groups in total. The lowest BCUT2D eigenvalue weighted by Gasteiger charge is -2.25. The molecule has 0 aliphatic heterocycles. The Morgan fingerprint density at radius 3 is 2.17 bits per heavy atom. The van der Waals surface area contributed by atoms with Crippen molar-refractivity contribution in [1.29, 1.82) is 0 Å². The molecule has 0 bridgehead atoms. The standard InChI is InChI=1S/C20H35N9O6/c1-10(2)15(21)18(33)27-12(4-3-5-25-20(22)23)16(31)28-13(6-11-7-24-9-26-11)17(32)29-14(8-30)19(34)35/h7,9-10,12-15,30H,3-6,8,21H2,1-2H3,(H,24,26)(H,27,33)(H,28,31)(H,29,32)(H,34,35)(H4,22,23,25). The maximum Gasteiger partial charge on any atom is 0.328 e. The number of aliphatic hydroxyl groups is 1. The molecule has 0 saturated heterocycles. The van der Waals surface area contributed by atoms with E-state index in [-0.39, 0.29) is 31.3 Å². The first-order chi connectivity index (χ1) is 16.5. The lowest BCUT2D eigenvalue weighted by Crippen LogP contribution is -2.58. The molecule has 1 aromatic rings. The van der Waals surface area contributed by atoms with E-state index in [4.69, 9.17) is 22.3 Å². The van der Waals surface area contributed by atoms with Crippen molar-refractivity contribution >= 4 is 29.7 Å². The van der Waals surface area contributed by atoms with Crippen molar-refractivity contribution < 1.29 is 29.4 Å². The third-order valence-corrected chi connectivity index (χ3v) is 5.01. The number of nitrogens with two attached hydrogens (primary N) is 3. The van der Waals surface area contributed by atoms with Crippen LogP contribution in [0.2, 0.25) is 0 Å². The minimum absolute atomic E-state index is 0.0600. The van der Waals surface area contributed by atoms with E-state index < -0.39 is 54.5 Å². The summed E-state index contributed by atoms with van der Waals surface area (Å²) < 4.78 is 0. The van der Waals surface area contributed by atoms with Crippen molar-refractivity contribution in [2.24, 2.45) is 28.1 Å². The largest absolute Gasteiger partial charge is 0.480 e. The fourth-order valence-electron chi connectivity index (χ4n) is 2.90. The van der Waals surface area contributed by atoms with Crippen LogP contribution < -0.4 is 33.2 Å². The molecule has 0 fully saturated rings. The van der Waals surface area contributed by atoms with E-state index in [1.54, 1.807) is 13.8 Å². The van der Waals surface area contributed by atoms with Crippen LogP contribution >= 0.6 is 0 Å². The number of aromatic amines is 1. The zero-order valence-electron chi connectivity index (χ0n) is 19.7. The second-order valence-electron chi connectivity index (χ2n) is 8.20. The highest BCUT2D eigenvalue weighted by Gasteiger charge is 2.30. The molecule has 0 aliphatic carbocycles. The van der Waals surface area contributed by atoms with Crippen LogP contribution in [0.3, 0.4) is 0 Å². The molecule has 3 amide bonds. The normalized spacial score (nSPS) is 14.3. The molecule has 0 radical (unpaired) electrons. The Balaban J connectivity index is 3.06. The van der Waals surface area contributed by atoms with Crippen LogP contribution in [-0.2, 0) is 25.6 Å². The highest BCUT2D eigenvalue weighted by atomic mass is 16.4. The van der Waals surface area contributed by atoms with E-state index in [2.05, 4.69) is 30.9 Å². The Morgan fingerprint density at radius 2 is 1.66 bits per heavy atom. The lowest BCUT2D eigenvalue weighted by molar-refractivity contribution is -0.143. The van der Waals surface area contributed by atoms with Gasteiger partial charge in [-0.25, -0.2) is 9.78 Å². The van der Waals surface area contributed by atoms with E-state index >= 15 is 0 Å². The van der Waals surface area contributed by atoms with Gasteiger partial charge in [0.05, 0.1) is 19.0 Å². The van der Waals surface area contributed by atoms with Gasteiger partial charge in [-0.2, -0.15) is 0 Å². The molecule has 4 unspecified atom stereocenters. The van der Waals surface area contributed by atoms with Crippen LogP contribution in [0.4, 0.5) is 0 Å². The molecular formula is C20H35N9O6. The number of hydrogen-bond acceptors (Lipinski definition) is 8. The number of hydrogen-bond donors (Lipinski definition) is 9. The summed E-state index contributed by atoms with van der Waals surface area (Å²) in [4.78, 5) is 60.1. The Kier molecular flexibility index (Phi) is 12.2. The number of H-pyrrole nitrogens is 1. The van der Waals surface area contributed by atoms with Crippen LogP contribution in [0.1, 0.15) is 32.4 Å². The molecule has 1 rings (SSSR count). The number of aliphatic carboxylic acids is 1. The van der Waals surface area contributed by atoms with E-state index in [1.807, 2.05) is 0 Å². The maximum absolute atomic E-state index is 13.1.